The molecular weight excluding hydrogens is 262 g/mol. The lowest BCUT2D eigenvalue weighted by Crippen LogP contribution is -2.07. The van der Waals surface area contributed by atoms with Crippen molar-refractivity contribution < 1.29 is 5.11 Å². The summed E-state index contributed by atoms with van der Waals surface area (Å²) in [5, 5.41) is 20.2. The van der Waals surface area contributed by atoms with Crippen LogP contribution < -0.4 is 0 Å². The average molecular weight is 281 g/mol. The molecule has 1 aromatic heterocycles. The van der Waals surface area contributed by atoms with Crippen molar-refractivity contribution in [3.05, 3.63) is 53.9 Å². The fourth-order valence-electron chi connectivity index (χ4n) is 2.63. The van der Waals surface area contributed by atoms with Gasteiger partial charge in [-0.15, -0.1) is 5.10 Å². The second-order valence-electron chi connectivity index (χ2n) is 5.65. The van der Waals surface area contributed by atoms with Crippen LogP contribution in [0.2, 0.25) is 0 Å². The molecule has 0 bridgehead atoms. The molecule has 0 saturated heterocycles. The Morgan fingerprint density at radius 2 is 1.86 bits per heavy atom. The molecule has 0 unspecified atom stereocenters. The zero-order valence-corrected chi connectivity index (χ0v) is 12.3. The van der Waals surface area contributed by atoms with Gasteiger partial charge < -0.3 is 5.11 Å². The zero-order chi connectivity index (χ0) is 14.8. The number of nitrogens with zero attached hydrogens (tertiary/aromatic N) is 3. The van der Waals surface area contributed by atoms with Gasteiger partial charge in [0, 0.05) is 5.39 Å². The van der Waals surface area contributed by atoms with Gasteiger partial charge in [0.05, 0.1) is 18.0 Å². The van der Waals surface area contributed by atoms with Crippen LogP contribution in [0.3, 0.4) is 0 Å². The molecule has 3 aromatic rings. The van der Waals surface area contributed by atoms with Crippen molar-refractivity contribution in [2.75, 3.05) is 0 Å². The van der Waals surface area contributed by atoms with Crippen LogP contribution >= 0.6 is 0 Å². The van der Waals surface area contributed by atoms with Gasteiger partial charge in [-0.1, -0.05) is 55.5 Å². The van der Waals surface area contributed by atoms with E-state index >= 15 is 0 Å². The number of rotatable bonds is 4. The van der Waals surface area contributed by atoms with E-state index in [0.29, 0.717) is 11.6 Å². The summed E-state index contributed by atoms with van der Waals surface area (Å²) in [6, 6.07) is 14.4. The van der Waals surface area contributed by atoms with Crippen molar-refractivity contribution >= 4 is 10.8 Å². The van der Waals surface area contributed by atoms with Crippen molar-refractivity contribution in [3.8, 4) is 5.69 Å². The smallest absolute Gasteiger partial charge is 0.112 e. The lowest BCUT2D eigenvalue weighted by molar-refractivity contribution is 0.275. The maximum Gasteiger partial charge on any atom is 0.112 e. The number of hydrogen-bond acceptors (Lipinski definition) is 3. The molecule has 0 spiro atoms. The highest BCUT2D eigenvalue weighted by Crippen LogP contribution is 2.24. The molecule has 0 fully saturated rings. The van der Waals surface area contributed by atoms with Gasteiger partial charge in [-0.05, 0) is 23.8 Å². The monoisotopic (exact) mass is 281 g/mol. The molecule has 3 rings (SSSR count). The Morgan fingerprint density at radius 1 is 1.10 bits per heavy atom. The van der Waals surface area contributed by atoms with Gasteiger partial charge in [-0.3, -0.25) is 0 Å². The van der Waals surface area contributed by atoms with Crippen molar-refractivity contribution in [1.82, 2.24) is 15.0 Å². The zero-order valence-electron chi connectivity index (χ0n) is 12.3. The molecule has 2 aromatic carbocycles. The molecule has 0 saturated carbocycles. The van der Waals surface area contributed by atoms with Gasteiger partial charge in [0.2, 0.25) is 0 Å². The van der Waals surface area contributed by atoms with Gasteiger partial charge in [-0.25, -0.2) is 4.68 Å². The predicted molar refractivity (Wildman–Crippen MR) is 83.3 cm³/mol. The molecule has 4 heteroatoms. The molecule has 0 amide bonds. The van der Waals surface area contributed by atoms with Crippen molar-refractivity contribution in [2.24, 2.45) is 5.92 Å². The first kappa shape index (κ1) is 13.8. The lowest BCUT2D eigenvalue weighted by atomic mass is 10.1. The molecule has 1 heterocycles. The van der Waals surface area contributed by atoms with Gasteiger partial charge in [0.15, 0.2) is 0 Å². The summed E-state index contributed by atoms with van der Waals surface area (Å²) < 4.78 is 1.87. The minimum absolute atomic E-state index is 0.0766. The first-order chi connectivity index (χ1) is 10.2. The van der Waals surface area contributed by atoms with Gasteiger partial charge >= 0.3 is 0 Å². The summed E-state index contributed by atoms with van der Waals surface area (Å²) in [5.41, 5.74) is 2.66. The topological polar surface area (TPSA) is 50.9 Å². The Kier molecular flexibility index (Phi) is 3.71. The fourth-order valence-corrected chi connectivity index (χ4v) is 2.63. The van der Waals surface area contributed by atoms with Gasteiger partial charge in [-0.2, -0.15) is 0 Å². The summed E-state index contributed by atoms with van der Waals surface area (Å²) in [4.78, 5) is 0. The SMILES string of the molecule is CC(C)Cc1c(CO)nnn1-c1cccc2ccccc12. The van der Waals surface area contributed by atoms with E-state index in [0.717, 1.165) is 23.2 Å². The molecule has 0 radical (unpaired) electrons. The maximum absolute atomic E-state index is 9.49. The van der Waals surface area contributed by atoms with E-state index in [1.54, 1.807) is 0 Å². The highest BCUT2D eigenvalue weighted by atomic mass is 16.3. The quantitative estimate of drug-likeness (QED) is 0.799. The summed E-state index contributed by atoms with van der Waals surface area (Å²) >= 11 is 0. The average Bonchev–Trinajstić information content (AvgIpc) is 2.88. The molecule has 21 heavy (non-hydrogen) atoms. The number of aromatic nitrogens is 3. The Bertz CT molecular complexity index is 756. The normalized spacial score (nSPS) is 11.4. The van der Waals surface area contributed by atoms with Crippen molar-refractivity contribution in [3.63, 3.8) is 0 Å². The third-order valence-corrected chi connectivity index (χ3v) is 3.59. The summed E-state index contributed by atoms with van der Waals surface area (Å²) in [7, 11) is 0. The maximum atomic E-state index is 9.49. The number of benzene rings is 2. The minimum atomic E-state index is -0.0766. The third-order valence-electron chi connectivity index (χ3n) is 3.59. The minimum Gasteiger partial charge on any atom is -0.390 e. The molecule has 0 atom stereocenters. The van der Waals surface area contributed by atoms with Gasteiger partial charge in [0.1, 0.15) is 5.69 Å². The molecular formula is C17H19N3O. The van der Waals surface area contributed by atoms with E-state index in [9.17, 15) is 5.11 Å². The Labute approximate surface area is 124 Å². The van der Waals surface area contributed by atoms with Crippen LogP contribution in [-0.2, 0) is 13.0 Å². The Balaban J connectivity index is 2.21. The lowest BCUT2D eigenvalue weighted by Gasteiger charge is -2.12. The molecule has 0 aliphatic rings. The van der Waals surface area contributed by atoms with E-state index < -0.39 is 0 Å². The second kappa shape index (κ2) is 5.66. The van der Waals surface area contributed by atoms with E-state index in [1.165, 1.54) is 5.39 Å². The second-order valence-corrected chi connectivity index (χ2v) is 5.65. The van der Waals surface area contributed by atoms with Crippen LogP contribution in [0.15, 0.2) is 42.5 Å². The number of aliphatic hydroxyl groups is 1. The van der Waals surface area contributed by atoms with Crippen molar-refractivity contribution in [1.29, 1.82) is 0 Å². The summed E-state index contributed by atoms with van der Waals surface area (Å²) in [5.74, 6) is 0.475. The van der Waals surface area contributed by atoms with Crippen LogP contribution in [-0.4, -0.2) is 20.1 Å². The highest BCUT2D eigenvalue weighted by molar-refractivity contribution is 5.90. The van der Waals surface area contributed by atoms with Crippen LogP contribution in [0.1, 0.15) is 25.2 Å². The molecule has 0 aliphatic carbocycles. The van der Waals surface area contributed by atoms with Crippen LogP contribution in [0.5, 0.6) is 0 Å². The fraction of sp³-hybridized carbons (Fsp3) is 0.294. The summed E-state index contributed by atoms with van der Waals surface area (Å²) in [6.07, 6.45) is 0.839. The summed E-state index contributed by atoms with van der Waals surface area (Å²) in [6.45, 7) is 4.23. The Morgan fingerprint density at radius 3 is 2.62 bits per heavy atom. The van der Waals surface area contributed by atoms with Gasteiger partial charge in [0.25, 0.3) is 0 Å². The van der Waals surface area contributed by atoms with E-state index in [2.05, 4.69) is 42.4 Å². The highest BCUT2D eigenvalue weighted by Gasteiger charge is 2.16. The Hall–Kier alpha value is -2.20. The number of aliphatic hydroxyl groups excluding tert-OH is 1. The van der Waals surface area contributed by atoms with E-state index in [-0.39, 0.29) is 6.61 Å². The van der Waals surface area contributed by atoms with Crippen molar-refractivity contribution in [2.45, 2.75) is 26.9 Å². The molecule has 108 valence electrons. The number of hydrogen-bond donors (Lipinski definition) is 1. The molecule has 0 aliphatic heterocycles. The molecule has 1 N–H and O–H groups in total. The standard InChI is InChI=1S/C17H19N3O/c1-12(2)10-17-15(11-21)18-19-20(17)16-9-5-7-13-6-3-4-8-14(13)16/h3-9,12,21H,10-11H2,1-2H3. The molecule has 4 nitrogen and oxygen atoms in total. The van der Waals surface area contributed by atoms with E-state index in [1.807, 2.05) is 28.9 Å². The van der Waals surface area contributed by atoms with Crippen LogP contribution in [0.25, 0.3) is 16.5 Å². The third kappa shape index (κ3) is 2.54. The van der Waals surface area contributed by atoms with Crippen LogP contribution in [0, 0.1) is 5.92 Å². The first-order valence-corrected chi connectivity index (χ1v) is 7.23. The first-order valence-electron chi connectivity index (χ1n) is 7.23. The predicted octanol–water partition coefficient (Wildman–Crippen LogP) is 3.11. The van der Waals surface area contributed by atoms with E-state index in [4.69, 9.17) is 0 Å². The number of fused-ring (bicyclic) bond motifs is 1. The largest absolute Gasteiger partial charge is 0.390 e. The van der Waals surface area contributed by atoms with Crippen LogP contribution in [0.4, 0.5) is 0 Å².